The minimum atomic E-state index is -3.37. The molecule has 6 heteroatoms. The molecule has 5 nitrogen and oxygen atoms in total. The van der Waals surface area contributed by atoms with Crippen LogP contribution in [-0.2, 0) is 10.0 Å². The third-order valence-electron chi connectivity index (χ3n) is 3.61. The molecule has 1 N–H and O–H groups in total. The van der Waals surface area contributed by atoms with Crippen LogP contribution in [-0.4, -0.2) is 50.6 Å². The van der Waals surface area contributed by atoms with Crippen molar-refractivity contribution in [1.82, 2.24) is 4.31 Å². The maximum absolute atomic E-state index is 11.9. The predicted octanol–water partition coefficient (Wildman–Crippen LogP) is 0.898. The van der Waals surface area contributed by atoms with Crippen molar-refractivity contribution in [1.29, 1.82) is 0 Å². The van der Waals surface area contributed by atoms with Gasteiger partial charge in [0.05, 0.1) is 10.5 Å². The SMILES string of the molecule is CCC1(O)CN(c2ccc(S(=O)(=O)N(C)C)cc2)C1. The Morgan fingerprint density at radius 3 is 2.21 bits per heavy atom. The normalized spacial score (nSPS) is 18.5. The minimum Gasteiger partial charge on any atom is -0.386 e. The van der Waals surface area contributed by atoms with E-state index in [4.69, 9.17) is 0 Å². The van der Waals surface area contributed by atoms with Crippen LogP contribution in [0, 0.1) is 0 Å². The Hall–Kier alpha value is -1.11. The number of benzene rings is 1. The first-order chi connectivity index (χ1) is 8.78. The molecular formula is C13H20N2O3S. The average molecular weight is 284 g/mol. The number of anilines is 1. The molecule has 0 atom stereocenters. The highest BCUT2D eigenvalue weighted by Crippen LogP contribution is 2.30. The van der Waals surface area contributed by atoms with Crippen LogP contribution >= 0.6 is 0 Å². The lowest BCUT2D eigenvalue weighted by Crippen LogP contribution is -2.61. The molecule has 1 aliphatic heterocycles. The van der Waals surface area contributed by atoms with Crippen LogP contribution < -0.4 is 4.90 Å². The van der Waals surface area contributed by atoms with Crippen LogP contribution in [0.4, 0.5) is 5.69 Å². The lowest BCUT2D eigenvalue weighted by molar-refractivity contribution is 0.00852. The summed E-state index contributed by atoms with van der Waals surface area (Å²) in [6.07, 6.45) is 0.733. The zero-order valence-electron chi connectivity index (χ0n) is 11.5. The van der Waals surface area contributed by atoms with Gasteiger partial charge in [-0.3, -0.25) is 0 Å². The van der Waals surface area contributed by atoms with Crippen molar-refractivity contribution >= 4 is 15.7 Å². The van der Waals surface area contributed by atoms with Crippen molar-refractivity contribution < 1.29 is 13.5 Å². The summed E-state index contributed by atoms with van der Waals surface area (Å²) in [5.74, 6) is 0. The second-order valence-corrected chi connectivity index (χ2v) is 7.37. The number of aliphatic hydroxyl groups is 1. The van der Waals surface area contributed by atoms with Gasteiger partial charge in [-0.2, -0.15) is 0 Å². The fraction of sp³-hybridized carbons (Fsp3) is 0.538. The zero-order chi connectivity index (χ0) is 14.3. The lowest BCUT2D eigenvalue weighted by atomic mass is 9.91. The molecule has 1 aromatic carbocycles. The quantitative estimate of drug-likeness (QED) is 0.892. The maximum Gasteiger partial charge on any atom is 0.242 e. The summed E-state index contributed by atoms with van der Waals surface area (Å²) in [6.45, 7) is 3.16. The van der Waals surface area contributed by atoms with Gasteiger partial charge >= 0.3 is 0 Å². The fourth-order valence-corrected chi connectivity index (χ4v) is 3.01. The van der Waals surface area contributed by atoms with Gasteiger partial charge < -0.3 is 10.0 Å². The number of β-amino-alcohol motifs (C(OH)–C–C–N with tert-alkyl or cyclic N) is 1. The smallest absolute Gasteiger partial charge is 0.242 e. The van der Waals surface area contributed by atoms with Crippen LogP contribution in [0.25, 0.3) is 0 Å². The minimum absolute atomic E-state index is 0.285. The summed E-state index contributed by atoms with van der Waals surface area (Å²) in [4.78, 5) is 2.32. The van der Waals surface area contributed by atoms with Crippen LogP contribution in [0.1, 0.15) is 13.3 Å². The predicted molar refractivity (Wildman–Crippen MR) is 74.8 cm³/mol. The van der Waals surface area contributed by atoms with Gasteiger partial charge in [-0.1, -0.05) is 6.92 Å². The van der Waals surface area contributed by atoms with Crippen molar-refractivity contribution in [3.8, 4) is 0 Å². The molecule has 1 aromatic rings. The van der Waals surface area contributed by atoms with E-state index in [0.717, 1.165) is 12.1 Å². The number of sulfonamides is 1. The summed E-state index contributed by atoms with van der Waals surface area (Å²) >= 11 is 0. The van der Waals surface area contributed by atoms with Gasteiger partial charge in [0.1, 0.15) is 0 Å². The standard InChI is InChI=1S/C13H20N2O3S/c1-4-13(16)9-15(10-13)11-5-7-12(8-6-11)19(17,18)14(2)3/h5-8,16H,4,9-10H2,1-3H3. The second-order valence-electron chi connectivity index (χ2n) is 5.22. The Morgan fingerprint density at radius 2 is 1.79 bits per heavy atom. The van der Waals surface area contributed by atoms with Crippen LogP contribution in [0.3, 0.4) is 0 Å². The first-order valence-electron chi connectivity index (χ1n) is 6.28. The van der Waals surface area contributed by atoms with E-state index in [0.29, 0.717) is 13.1 Å². The molecule has 1 heterocycles. The van der Waals surface area contributed by atoms with Crippen molar-refractivity contribution in [2.24, 2.45) is 0 Å². The molecule has 1 fully saturated rings. The molecule has 0 aromatic heterocycles. The zero-order valence-corrected chi connectivity index (χ0v) is 12.3. The number of hydrogen-bond donors (Lipinski definition) is 1. The van der Waals surface area contributed by atoms with E-state index in [1.165, 1.54) is 18.4 Å². The summed E-state index contributed by atoms with van der Waals surface area (Å²) in [6, 6.07) is 6.78. The molecule has 0 bridgehead atoms. The highest BCUT2D eigenvalue weighted by Gasteiger charge is 2.39. The fourth-order valence-electron chi connectivity index (χ4n) is 2.11. The van der Waals surface area contributed by atoms with E-state index in [9.17, 15) is 13.5 Å². The Kier molecular flexibility index (Phi) is 3.59. The van der Waals surface area contributed by atoms with E-state index in [-0.39, 0.29) is 4.90 Å². The Labute approximate surface area is 114 Å². The molecule has 0 aliphatic carbocycles. The van der Waals surface area contributed by atoms with Gasteiger partial charge in [-0.15, -0.1) is 0 Å². The van der Waals surface area contributed by atoms with Gasteiger partial charge in [0.2, 0.25) is 10.0 Å². The molecule has 106 valence electrons. The Morgan fingerprint density at radius 1 is 1.26 bits per heavy atom. The van der Waals surface area contributed by atoms with E-state index in [2.05, 4.69) is 0 Å². The van der Waals surface area contributed by atoms with E-state index < -0.39 is 15.6 Å². The average Bonchev–Trinajstić information content (AvgIpc) is 2.35. The van der Waals surface area contributed by atoms with Crippen molar-refractivity contribution in [3.05, 3.63) is 24.3 Å². The van der Waals surface area contributed by atoms with Gasteiger partial charge in [0.15, 0.2) is 0 Å². The van der Waals surface area contributed by atoms with Gasteiger partial charge in [0.25, 0.3) is 0 Å². The molecule has 0 radical (unpaired) electrons. The first-order valence-corrected chi connectivity index (χ1v) is 7.72. The Bertz CT molecular complexity index is 546. The number of nitrogens with zero attached hydrogens (tertiary/aromatic N) is 2. The largest absolute Gasteiger partial charge is 0.386 e. The van der Waals surface area contributed by atoms with Crippen molar-refractivity contribution in [3.63, 3.8) is 0 Å². The molecule has 0 spiro atoms. The summed E-state index contributed by atoms with van der Waals surface area (Å²) in [5.41, 5.74) is 0.352. The van der Waals surface area contributed by atoms with Gasteiger partial charge in [-0.05, 0) is 30.7 Å². The van der Waals surface area contributed by atoms with Crippen LogP contribution in [0.2, 0.25) is 0 Å². The molecule has 0 amide bonds. The van der Waals surface area contributed by atoms with Crippen LogP contribution in [0.5, 0.6) is 0 Å². The third kappa shape index (κ3) is 2.61. The van der Waals surface area contributed by atoms with E-state index in [1.54, 1.807) is 24.3 Å². The molecular weight excluding hydrogens is 264 g/mol. The van der Waals surface area contributed by atoms with Gasteiger partial charge in [-0.25, -0.2) is 12.7 Å². The summed E-state index contributed by atoms with van der Waals surface area (Å²) < 4.78 is 25.0. The molecule has 0 unspecified atom stereocenters. The molecule has 2 rings (SSSR count). The van der Waals surface area contributed by atoms with Gasteiger partial charge in [0, 0.05) is 32.9 Å². The third-order valence-corrected chi connectivity index (χ3v) is 5.44. The topological polar surface area (TPSA) is 60.9 Å². The second kappa shape index (κ2) is 4.77. The molecule has 1 saturated heterocycles. The first kappa shape index (κ1) is 14.3. The van der Waals surface area contributed by atoms with Crippen LogP contribution in [0.15, 0.2) is 29.2 Å². The number of rotatable bonds is 4. The molecule has 1 aliphatic rings. The monoisotopic (exact) mass is 284 g/mol. The summed E-state index contributed by atoms with van der Waals surface area (Å²) in [5, 5.41) is 9.96. The Balaban J connectivity index is 2.13. The van der Waals surface area contributed by atoms with E-state index >= 15 is 0 Å². The lowest BCUT2D eigenvalue weighted by Gasteiger charge is -2.47. The molecule has 19 heavy (non-hydrogen) atoms. The van der Waals surface area contributed by atoms with Crippen molar-refractivity contribution in [2.75, 3.05) is 32.1 Å². The number of hydrogen-bond acceptors (Lipinski definition) is 4. The molecule has 0 saturated carbocycles. The highest BCUT2D eigenvalue weighted by atomic mass is 32.2. The summed E-state index contributed by atoms with van der Waals surface area (Å²) in [7, 11) is -0.342. The van der Waals surface area contributed by atoms with E-state index in [1.807, 2.05) is 11.8 Å². The highest BCUT2D eigenvalue weighted by molar-refractivity contribution is 7.89. The maximum atomic E-state index is 11.9. The van der Waals surface area contributed by atoms with Crippen molar-refractivity contribution in [2.45, 2.75) is 23.8 Å².